The summed E-state index contributed by atoms with van der Waals surface area (Å²) in [6.45, 7) is 11.0. The van der Waals surface area contributed by atoms with Gasteiger partial charge in [-0.05, 0) is 20.8 Å². The van der Waals surface area contributed by atoms with Crippen LogP contribution in [0.1, 0.15) is 25.6 Å². The first kappa shape index (κ1) is 16.7. The molecular formula is C14H26N6O2. The van der Waals surface area contributed by atoms with E-state index in [0.29, 0.717) is 18.3 Å². The highest BCUT2D eigenvalue weighted by Gasteiger charge is 2.28. The minimum absolute atomic E-state index is 0.0302. The number of ether oxygens (including phenoxy) is 1. The molecule has 0 unspecified atom stereocenters. The zero-order valence-corrected chi connectivity index (χ0v) is 13.8. The number of guanidine groups is 1. The number of aryl methyl sites for hydroxylation is 1. The SMILES string of the molecule is CN=C(NCc1nc(C)no1)NCC(C)(C)N1CCOCC1. The molecule has 2 rings (SSSR count). The Bertz CT molecular complexity index is 493. The summed E-state index contributed by atoms with van der Waals surface area (Å²) in [6.07, 6.45) is 0. The van der Waals surface area contributed by atoms with Crippen molar-refractivity contribution in [2.45, 2.75) is 32.9 Å². The zero-order chi connectivity index (χ0) is 16.0. The average molecular weight is 310 g/mol. The molecule has 2 heterocycles. The highest BCUT2D eigenvalue weighted by Crippen LogP contribution is 2.14. The molecule has 1 fully saturated rings. The van der Waals surface area contributed by atoms with Gasteiger partial charge in [0.1, 0.15) is 0 Å². The van der Waals surface area contributed by atoms with Crippen LogP contribution in [0.3, 0.4) is 0 Å². The molecule has 2 N–H and O–H groups in total. The van der Waals surface area contributed by atoms with Gasteiger partial charge in [0.05, 0.1) is 19.8 Å². The van der Waals surface area contributed by atoms with E-state index in [2.05, 4.69) is 44.5 Å². The molecule has 1 aliphatic heterocycles. The number of hydrogen-bond acceptors (Lipinski definition) is 6. The molecule has 124 valence electrons. The smallest absolute Gasteiger partial charge is 0.246 e. The van der Waals surface area contributed by atoms with Crippen molar-refractivity contribution in [2.75, 3.05) is 39.9 Å². The molecule has 22 heavy (non-hydrogen) atoms. The van der Waals surface area contributed by atoms with Crippen LogP contribution in [-0.2, 0) is 11.3 Å². The van der Waals surface area contributed by atoms with Crippen LogP contribution in [0.4, 0.5) is 0 Å². The Morgan fingerprint density at radius 1 is 1.32 bits per heavy atom. The molecule has 1 saturated heterocycles. The summed E-state index contributed by atoms with van der Waals surface area (Å²) in [5.41, 5.74) is 0.0302. The van der Waals surface area contributed by atoms with E-state index in [9.17, 15) is 0 Å². The summed E-state index contributed by atoms with van der Waals surface area (Å²) in [5.74, 6) is 1.90. The van der Waals surface area contributed by atoms with Gasteiger partial charge in [0, 0.05) is 32.2 Å². The lowest BCUT2D eigenvalue weighted by atomic mass is 10.0. The molecule has 0 bridgehead atoms. The second-order valence-electron chi connectivity index (χ2n) is 5.93. The number of aliphatic imine (C=N–C) groups is 1. The first-order valence-electron chi connectivity index (χ1n) is 7.58. The first-order chi connectivity index (χ1) is 10.5. The molecule has 0 aliphatic carbocycles. The Kier molecular flexibility index (Phi) is 5.73. The lowest BCUT2D eigenvalue weighted by Gasteiger charge is -2.41. The quantitative estimate of drug-likeness (QED) is 0.591. The van der Waals surface area contributed by atoms with E-state index in [4.69, 9.17) is 9.26 Å². The second-order valence-corrected chi connectivity index (χ2v) is 5.93. The molecule has 8 nitrogen and oxygen atoms in total. The number of rotatable bonds is 5. The van der Waals surface area contributed by atoms with Gasteiger partial charge in [-0.1, -0.05) is 5.16 Å². The third kappa shape index (κ3) is 4.67. The van der Waals surface area contributed by atoms with Crippen molar-refractivity contribution in [1.82, 2.24) is 25.7 Å². The van der Waals surface area contributed by atoms with Crippen molar-refractivity contribution in [1.29, 1.82) is 0 Å². The molecule has 1 aliphatic rings. The van der Waals surface area contributed by atoms with Gasteiger partial charge in [-0.15, -0.1) is 0 Å². The molecule has 1 aromatic rings. The van der Waals surface area contributed by atoms with Gasteiger partial charge in [-0.25, -0.2) is 0 Å². The van der Waals surface area contributed by atoms with Crippen molar-refractivity contribution < 1.29 is 9.26 Å². The summed E-state index contributed by atoms with van der Waals surface area (Å²) in [6, 6.07) is 0. The van der Waals surface area contributed by atoms with Crippen LogP contribution in [0.5, 0.6) is 0 Å². The van der Waals surface area contributed by atoms with E-state index >= 15 is 0 Å². The molecule has 0 amide bonds. The fraction of sp³-hybridized carbons (Fsp3) is 0.786. The van der Waals surface area contributed by atoms with E-state index in [1.165, 1.54) is 0 Å². The van der Waals surface area contributed by atoms with Gasteiger partial charge in [0.2, 0.25) is 5.89 Å². The average Bonchev–Trinajstić information content (AvgIpc) is 2.94. The Hall–Kier alpha value is -1.67. The standard InChI is InChI=1S/C14H26N6O2/c1-11-18-12(22-19-11)9-16-13(15-4)17-10-14(2,3)20-5-7-21-8-6-20/h5-10H2,1-4H3,(H2,15,16,17). The lowest BCUT2D eigenvalue weighted by molar-refractivity contribution is -0.00834. The maximum Gasteiger partial charge on any atom is 0.246 e. The normalized spacial score (nSPS) is 17.5. The maximum absolute atomic E-state index is 5.41. The van der Waals surface area contributed by atoms with E-state index in [1.54, 1.807) is 14.0 Å². The first-order valence-corrected chi connectivity index (χ1v) is 7.58. The van der Waals surface area contributed by atoms with Crippen LogP contribution < -0.4 is 10.6 Å². The van der Waals surface area contributed by atoms with Crippen LogP contribution in [0.15, 0.2) is 9.52 Å². The molecule has 0 atom stereocenters. The molecule has 1 aromatic heterocycles. The van der Waals surface area contributed by atoms with E-state index in [0.717, 1.165) is 38.8 Å². The monoisotopic (exact) mass is 310 g/mol. The minimum atomic E-state index is 0.0302. The summed E-state index contributed by atoms with van der Waals surface area (Å²) in [7, 11) is 1.75. The van der Waals surface area contributed by atoms with Crippen molar-refractivity contribution in [3.8, 4) is 0 Å². The maximum atomic E-state index is 5.41. The van der Waals surface area contributed by atoms with E-state index < -0.39 is 0 Å². The third-order valence-electron chi connectivity index (χ3n) is 3.76. The Balaban J connectivity index is 1.79. The Morgan fingerprint density at radius 2 is 2.05 bits per heavy atom. The number of nitrogens with zero attached hydrogens (tertiary/aromatic N) is 4. The lowest BCUT2D eigenvalue weighted by Crippen LogP contribution is -2.56. The van der Waals surface area contributed by atoms with Crippen molar-refractivity contribution >= 4 is 5.96 Å². The summed E-state index contributed by atoms with van der Waals surface area (Å²) < 4.78 is 10.5. The zero-order valence-electron chi connectivity index (χ0n) is 13.8. The topological polar surface area (TPSA) is 87.8 Å². The van der Waals surface area contributed by atoms with Crippen LogP contribution in [0.2, 0.25) is 0 Å². The minimum Gasteiger partial charge on any atom is -0.379 e. The Labute approximate surface area is 131 Å². The van der Waals surface area contributed by atoms with Gasteiger partial charge in [-0.3, -0.25) is 9.89 Å². The van der Waals surface area contributed by atoms with Gasteiger partial charge in [-0.2, -0.15) is 4.98 Å². The van der Waals surface area contributed by atoms with Gasteiger partial charge in [0.25, 0.3) is 0 Å². The number of morpholine rings is 1. The highest BCUT2D eigenvalue weighted by molar-refractivity contribution is 5.79. The summed E-state index contributed by atoms with van der Waals surface area (Å²) >= 11 is 0. The molecule has 8 heteroatoms. The second kappa shape index (κ2) is 7.55. The number of aromatic nitrogens is 2. The van der Waals surface area contributed by atoms with E-state index in [-0.39, 0.29) is 5.54 Å². The molecule has 0 saturated carbocycles. The molecule has 0 aromatic carbocycles. The molecule has 0 radical (unpaired) electrons. The van der Waals surface area contributed by atoms with Crippen LogP contribution in [-0.4, -0.2) is 66.4 Å². The summed E-state index contributed by atoms with van der Waals surface area (Å²) in [4.78, 5) is 10.8. The molecular weight excluding hydrogens is 284 g/mol. The van der Waals surface area contributed by atoms with Crippen molar-refractivity contribution in [3.63, 3.8) is 0 Å². The number of hydrogen-bond donors (Lipinski definition) is 2. The van der Waals surface area contributed by atoms with Crippen molar-refractivity contribution in [3.05, 3.63) is 11.7 Å². The van der Waals surface area contributed by atoms with Gasteiger partial charge >= 0.3 is 0 Å². The highest BCUT2D eigenvalue weighted by atomic mass is 16.5. The third-order valence-corrected chi connectivity index (χ3v) is 3.76. The fourth-order valence-electron chi connectivity index (χ4n) is 2.37. The van der Waals surface area contributed by atoms with Crippen LogP contribution >= 0.6 is 0 Å². The van der Waals surface area contributed by atoms with E-state index in [1.807, 2.05) is 0 Å². The van der Waals surface area contributed by atoms with Gasteiger partial charge in [0.15, 0.2) is 11.8 Å². The van der Waals surface area contributed by atoms with Crippen molar-refractivity contribution in [2.24, 2.45) is 4.99 Å². The summed E-state index contributed by atoms with van der Waals surface area (Å²) in [5, 5.41) is 10.3. The van der Waals surface area contributed by atoms with Crippen LogP contribution in [0, 0.1) is 6.92 Å². The largest absolute Gasteiger partial charge is 0.379 e. The van der Waals surface area contributed by atoms with Crippen LogP contribution in [0.25, 0.3) is 0 Å². The number of nitrogens with one attached hydrogen (secondary N) is 2. The predicted molar refractivity (Wildman–Crippen MR) is 83.7 cm³/mol. The Morgan fingerprint density at radius 3 is 2.64 bits per heavy atom. The van der Waals surface area contributed by atoms with Gasteiger partial charge < -0.3 is 19.9 Å². The molecule has 0 spiro atoms. The predicted octanol–water partition coefficient (Wildman–Crippen LogP) is 0.154. The fourth-order valence-corrected chi connectivity index (χ4v) is 2.37.